The van der Waals surface area contributed by atoms with Crippen LogP contribution >= 0.6 is 0 Å². The van der Waals surface area contributed by atoms with Crippen LogP contribution in [0, 0.1) is 12.3 Å². The summed E-state index contributed by atoms with van der Waals surface area (Å²) in [6.45, 7) is 12.4. The van der Waals surface area contributed by atoms with Crippen molar-refractivity contribution in [2.24, 2.45) is 0 Å². The van der Waals surface area contributed by atoms with E-state index in [4.69, 9.17) is 20.0 Å². The molecule has 0 amide bonds. The standard InChI is InChI=1S/C24H33N5O4/c1-7-19-15(3)21-26-28(23(25)29(21)27-22(19)32-8-2)14-20(31)16-11-17(24(4,5)6)13-18(12-16)33-10-9-30/h11-13,25,30H,7-10,14H2,1-6H3. The molecule has 2 N–H and O–H groups in total. The fourth-order valence-corrected chi connectivity index (χ4v) is 3.64. The fraction of sp³-hybridized carbons (Fsp3) is 0.500. The molecular weight excluding hydrogens is 422 g/mol. The predicted molar refractivity (Wildman–Crippen MR) is 124 cm³/mol. The molecule has 0 spiro atoms. The zero-order chi connectivity index (χ0) is 24.3. The molecule has 3 aromatic rings. The Morgan fingerprint density at radius 2 is 1.88 bits per heavy atom. The van der Waals surface area contributed by atoms with E-state index < -0.39 is 0 Å². The first-order valence-corrected chi connectivity index (χ1v) is 11.2. The van der Waals surface area contributed by atoms with Gasteiger partial charge in [-0.3, -0.25) is 10.2 Å². The van der Waals surface area contributed by atoms with Gasteiger partial charge in [0.05, 0.1) is 13.2 Å². The zero-order valence-electron chi connectivity index (χ0n) is 20.2. The minimum Gasteiger partial charge on any atom is -0.491 e. The average molecular weight is 456 g/mol. The van der Waals surface area contributed by atoms with Crippen LogP contribution in [0.4, 0.5) is 0 Å². The highest BCUT2D eigenvalue weighted by atomic mass is 16.5. The number of nitrogens with one attached hydrogen (secondary N) is 1. The van der Waals surface area contributed by atoms with Crippen molar-refractivity contribution in [3.05, 3.63) is 46.1 Å². The van der Waals surface area contributed by atoms with Gasteiger partial charge in [-0.15, -0.1) is 10.2 Å². The van der Waals surface area contributed by atoms with Crippen LogP contribution in [-0.4, -0.2) is 50.1 Å². The van der Waals surface area contributed by atoms with Gasteiger partial charge in [-0.2, -0.15) is 4.52 Å². The maximum absolute atomic E-state index is 13.2. The number of carbonyl (C=O) groups is 1. The third-order valence-corrected chi connectivity index (χ3v) is 5.48. The molecule has 1 aromatic carbocycles. The largest absolute Gasteiger partial charge is 0.491 e. The maximum atomic E-state index is 13.2. The summed E-state index contributed by atoms with van der Waals surface area (Å²) < 4.78 is 14.0. The highest BCUT2D eigenvalue weighted by Gasteiger charge is 2.21. The van der Waals surface area contributed by atoms with Crippen molar-refractivity contribution in [3.63, 3.8) is 0 Å². The van der Waals surface area contributed by atoms with E-state index in [0.29, 0.717) is 29.4 Å². The molecule has 0 aliphatic rings. The topological polar surface area (TPSA) is 115 Å². The SMILES string of the molecule is CCOc1nn2c(=N)n(CC(=O)c3cc(OCCO)cc(C(C)(C)C)c3)nc2c(C)c1CC. The van der Waals surface area contributed by atoms with Crippen LogP contribution in [0.2, 0.25) is 0 Å². The van der Waals surface area contributed by atoms with Crippen molar-refractivity contribution in [3.8, 4) is 11.6 Å². The van der Waals surface area contributed by atoms with Crippen molar-refractivity contribution in [1.82, 2.24) is 19.4 Å². The third-order valence-electron chi connectivity index (χ3n) is 5.48. The van der Waals surface area contributed by atoms with E-state index >= 15 is 0 Å². The molecule has 0 bridgehead atoms. The highest BCUT2D eigenvalue weighted by molar-refractivity contribution is 5.96. The first-order valence-electron chi connectivity index (χ1n) is 11.2. The number of aliphatic hydroxyl groups excluding tert-OH is 1. The minimum absolute atomic E-state index is 0.00575. The average Bonchev–Trinajstić information content (AvgIpc) is 3.07. The molecule has 2 heterocycles. The number of Topliss-reactive ketones (excluding diaryl/α,β-unsaturated/α-hetero) is 1. The number of aliphatic hydroxyl groups is 1. The summed E-state index contributed by atoms with van der Waals surface area (Å²) >= 11 is 0. The molecule has 9 nitrogen and oxygen atoms in total. The van der Waals surface area contributed by atoms with Crippen LogP contribution in [-0.2, 0) is 18.4 Å². The maximum Gasteiger partial charge on any atom is 0.242 e. The second-order valence-corrected chi connectivity index (χ2v) is 8.90. The number of aryl methyl sites for hydroxylation is 1. The number of ketones is 1. The number of hydrogen-bond acceptors (Lipinski definition) is 7. The van der Waals surface area contributed by atoms with Gasteiger partial charge in [-0.25, -0.2) is 4.68 Å². The molecule has 9 heteroatoms. The lowest BCUT2D eigenvalue weighted by Gasteiger charge is -2.21. The van der Waals surface area contributed by atoms with Crippen LogP contribution in [0.15, 0.2) is 18.2 Å². The number of hydrogen-bond donors (Lipinski definition) is 2. The lowest BCUT2D eigenvalue weighted by molar-refractivity contribution is 0.0965. The molecule has 0 saturated heterocycles. The van der Waals surface area contributed by atoms with Crippen molar-refractivity contribution >= 4 is 11.4 Å². The zero-order valence-corrected chi connectivity index (χ0v) is 20.2. The second-order valence-electron chi connectivity index (χ2n) is 8.90. The van der Waals surface area contributed by atoms with Crippen LogP contribution in [0.3, 0.4) is 0 Å². The molecule has 0 atom stereocenters. The lowest BCUT2D eigenvalue weighted by Crippen LogP contribution is -2.26. The van der Waals surface area contributed by atoms with E-state index in [-0.39, 0.29) is 36.6 Å². The van der Waals surface area contributed by atoms with E-state index in [1.165, 1.54) is 9.20 Å². The summed E-state index contributed by atoms with van der Waals surface area (Å²) in [5.41, 5.74) is 3.56. The van der Waals surface area contributed by atoms with Gasteiger partial charge < -0.3 is 14.6 Å². The van der Waals surface area contributed by atoms with Gasteiger partial charge >= 0.3 is 0 Å². The van der Waals surface area contributed by atoms with Gasteiger partial charge in [0.2, 0.25) is 11.5 Å². The number of fused-ring (bicyclic) bond motifs is 1. The molecule has 0 aliphatic heterocycles. The van der Waals surface area contributed by atoms with Gasteiger partial charge in [-0.05, 0) is 49.4 Å². The Hall–Kier alpha value is -3.20. The molecule has 0 radical (unpaired) electrons. The molecule has 3 rings (SSSR count). The van der Waals surface area contributed by atoms with Gasteiger partial charge in [0.25, 0.3) is 0 Å². The lowest BCUT2D eigenvalue weighted by atomic mass is 9.85. The minimum atomic E-state index is -0.199. The summed E-state index contributed by atoms with van der Waals surface area (Å²) in [5.74, 6) is 0.811. The highest BCUT2D eigenvalue weighted by Crippen LogP contribution is 2.28. The number of carbonyl (C=O) groups excluding carboxylic acids is 1. The molecule has 0 unspecified atom stereocenters. The summed E-state index contributed by atoms with van der Waals surface area (Å²) in [7, 11) is 0. The Labute approximate surface area is 193 Å². The molecule has 178 valence electrons. The van der Waals surface area contributed by atoms with Crippen molar-refractivity contribution in [2.75, 3.05) is 19.8 Å². The molecular formula is C24H33N5O4. The quantitative estimate of drug-likeness (QED) is 0.480. The van der Waals surface area contributed by atoms with Gasteiger partial charge in [0.1, 0.15) is 18.9 Å². The number of rotatable bonds is 9. The van der Waals surface area contributed by atoms with E-state index in [2.05, 4.69) is 31.0 Å². The number of ether oxygens (including phenoxy) is 2. The monoisotopic (exact) mass is 455 g/mol. The van der Waals surface area contributed by atoms with Gasteiger partial charge in [0, 0.05) is 16.7 Å². The molecule has 0 aliphatic carbocycles. The molecule has 0 fully saturated rings. The summed E-state index contributed by atoms with van der Waals surface area (Å²) in [6, 6.07) is 5.40. The number of benzene rings is 1. The number of aromatic nitrogens is 4. The van der Waals surface area contributed by atoms with E-state index in [1.54, 1.807) is 6.07 Å². The van der Waals surface area contributed by atoms with Crippen LogP contribution in [0.5, 0.6) is 11.6 Å². The molecule has 0 saturated carbocycles. The molecule has 33 heavy (non-hydrogen) atoms. The van der Waals surface area contributed by atoms with Crippen LogP contribution in [0.25, 0.3) is 5.65 Å². The Kier molecular flexibility index (Phi) is 7.22. The van der Waals surface area contributed by atoms with E-state index in [0.717, 1.165) is 23.1 Å². The first-order chi connectivity index (χ1) is 15.6. The van der Waals surface area contributed by atoms with E-state index in [9.17, 15) is 4.79 Å². The predicted octanol–water partition coefficient (Wildman–Crippen LogP) is 2.83. The summed E-state index contributed by atoms with van der Waals surface area (Å²) in [6.07, 6.45) is 0.722. The second kappa shape index (κ2) is 9.74. The van der Waals surface area contributed by atoms with Crippen molar-refractivity contribution in [2.45, 2.75) is 59.9 Å². The Bertz CT molecular complexity index is 1220. The summed E-state index contributed by atoms with van der Waals surface area (Å²) in [4.78, 5) is 13.2. The number of nitrogens with zero attached hydrogens (tertiary/aromatic N) is 4. The Morgan fingerprint density at radius 3 is 2.48 bits per heavy atom. The third kappa shape index (κ3) is 5.08. The van der Waals surface area contributed by atoms with Gasteiger partial charge in [0.15, 0.2) is 11.4 Å². The molecule has 2 aromatic heterocycles. The van der Waals surface area contributed by atoms with Crippen LogP contribution in [0.1, 0.15) is 61.7 Å². The fourth-order valence-electron chi connectivity index (χ4n) is 3.64. The summed E-state index contributed by atoms with van der Waals surface area (Å²) in [5, 5.41) is 26.6. The first kappa shape index (κ1) is 24.4. The van der Waals surface area contributed by atoms with Crippen LogP contribution < -0.4 is 15.1 Å². The Balaban J connectivity index is 2.02. The van der Waals surface area contributed by atoms with Crippen molar-refractivity contribution in [1.29, 1.82) is 5.41 Å². The normalized spacial score (nSPS) is 11.7. The van der Waals surface area contributed by atoms with Gasteiger partial charge in [-0.1, -0.05) is 27.7 Å². The van der Waals surface area contributed by atoms with Crippen molar-refractivity contribution < 1.29 is 19.4 Å². The smallest absolute Gasteiger partial charge is 0.242 e. The Morgan fingerprint density at radius 1 is 1.15 bits per heavy atom. The van der Waals surface area contributed by atoms with E-state index in [1.807, 2.05) is 32.9 Å².